The standard InChI is InChI=1S/C28H24F4N6O3/c29-20-9-4-5-10-21(20)35-27(40)38-14-6-13-37(15-16-38)22-12-11-19(17-33-22)34-25(39)23-24(28(30,31)32)41-26(36-23)18-7-2-1-3-8-18/h1-5,7-12,17H,6,13-16H2,(H,34,39)(H,35,40). The predicted molar refractivity (Wildman–Crippen MR) is 143 cm³/mol. The second kappa shape index (κ2) is 11.7. The van der Waals surface area contributed by atoms with Crippen LogP contribution in [0.2, 0.25) is 0 Å². The van der Waals surface area contributed by atoms with Crippen LogP contribution in [0.5, 0.6) is 0 Å². The fourth-order valence-corrected chi connectivity index (χ4v) is 4.31. The molecule has 3 heterocycles. The van der Waals surface area contributed by atoms with Crippen molar-refractivity contribution in [2.45, 2.75) is 12.6 Å². The Morgan fingerprint density at radius 1 is 0.878 bits per heavy atom. The third kappa shape index (κ3) is 6.45. The predicted octanol–water partition coefficient (Wildman–Crippen LogP) is 5.89. The van der Waals surface area contributed by atoms with Gasteiger partial charge in [0.05, 0.1) is 17.6 Å². The molecule has 2 aromatic heterocycles. The van der Waals surface area contributed by atoms with Crippen molar-refractivity contribution in [1.29, 1.82) is 0 Å². The molecular weight excluding hydrogens is 544 g/mol. The van der Waals surface area contributed by atoms with Gasteiger partial charge in [0.15, 0.2) is 5.69 Å². The molecule has 2 aromatic carbocycles. The van der Waals surface area contributed by atoms with Gasteiger partial charge in [-0.25, -0.2) is 19.2 Å². The minimum atomic E-state index is -4.93. The van der Waals surface area contributed by atoms with E-state index >= 15 is 0 Å². The molecule has 1 fully saturated rings. The van der Waals surface area contributed by atoms with Crippen molar-refractivity contribution in [3.05, 3.63) is 90.2 Å². The topological polar surface area (TPSA) is 104 Å². The number of urea groups is 1. The van der Waals surface area contributed by atoms with Gasteiger partial charge < -0.3 is 24.9 Å². The normalized spacial score (nSPS) is 14.0. The molecular formula is C28H24F4N6O3. The van der Waals surface area contributed by atoms with E-state index in [0.29, 0.717) is 44.0 Å². The molecule has 2 N–H and O–H groups in total. The summed E-state index contributed by atoms with van der Waals surface area (Å²) >= 11 is 0. The molecule has 0 unspecified atom stereocenters. The molecule has 0 atom stereocenters. The highest BCUT2D eigenvalue weighted by Crippen LogP contribution is 2.35. The van der Waals surface area contributed by atoms with Crippen LogP contribution in [0.15, 0.2) is 77.3 Å². The van der Waals surface area contributed by atoms with Crippen LogP contribution in [0, 0.1) is 5.82 Å². The first-order valence-corrected chi connectivity index (χ1v) is 12.7. The highest BCUT2D eigenvalue weighted by Gasteiger charge is 2.42. The SMILES string of the molecule is O=C(Nc1ccc(N2CCCN(C(=O)Nc3ccccc3F)CC2)nc1)c1nc(-c2ccccc2)oc1C(F)(F)F. The average molecular weight is 569 g/mol. The molecule has 0 bridgehead atoms. The van der Waals surface area contributed by atoms with Gasteiger partial charge >= 0.3 is 12.2 Å². The van der Waals surface area contributed by atoms with E-state index in [2.05, 4.69) is 20.6 Å². The highest BCUT2D eigenvalue weighted by atomic mass is 19.4. The number of hydrogen-bond acceptors (Lipinski definition) is 6. The van der Waals surface area contributed by atoms with E-state index in [-0.39, 0.29) is 17.3 Å². The van der Waals surface area contributed by atoms with E-state index in [0.717, 1.165) is 0 Å². The lowest BCUT2D eigenvalue weighted by atomic mass is 10.2. The van der Waals surface area contributed by atoms with Gasteiger partial charge in [-0.05, 0) is 42.8 Å². The summed E-state index contributed by atoms with van der Waals surface area (Å²) in [6.07, 6.45) is -2.98. The highest BCUT2D eigenvalue weighted by molar-refractivity contribution is 6.04. The van der Waals surface area contributed by atoms with E-state index in [1.54, 1.807) is 35.2 Å². The Morgan fingerprint density at radius 2 is 1.63 bits per heavy atom. The fraction of sp³-hybridized carbons (Fsp3) is 0.214. The third-order valence-corrected chi connectivity index (χ3v) is 6.35. The van der Waals surface area contributed by atoms with Gasteiger partial charge in [0, 0.05) is 31.7 Å². The summed E-state index contributed by atoms with van der Waals surface area (Å²) in [6.45, 7) is 1.84. The van der Waals surface area contributed by atoms with Gasteiger partial charge in [-0.2, -0.15) is 13.2 Å². The Hall–Kier alpha value is -4.94. The minimum absolute atomic E-state index is 0.0992. The van der Waals surface area contributed by atoms with Crippen molar-refractivity contribution in [3.63, 3.8) is 0 Å². The zero-order chi connectivity index (χ0) is 29.0. The lowest BCUT2D eigenvalue weighted by Gasteiger charge is -2.23. The van der Waals surface area contributed by atoms with Gasteiger partial charge in [0.25, 0.3) is 5.91 Å². The maximum atomic E-state index is 13.9. The molecule has 1 saturated heterocycles. The molecule has 3 amide bonds. The van der Waals surface area contributed by atoms with E-state index in [1.165, 1.54) is 42.6 Å². The molecule has 1 aliphatic rings. The molecule has 212 valence electrons. The molecule has 41 heavy (non-hydrogen) atoms. The number of aromatic nitrogens is 2. The molecule has 0 spiro atoms. The summed E-state index contributed by atoms with van der Waals surface area (Å²) in [5.41, 5.74) is -0.329. The van der Waals surface area contributed by atoms with Crippen LogP contribution in [-0.4, -0.2) is 53.0 Å². The number of amides is 3. The van der Waals surface area contributed by atoms with Crippen molar-refractivity contribution in [1.82, 2.24) is 14.9 Å². The first-order valence-electron chi connectivity index (χ1n) is 12.7. The van der Waals surface area contributed by atoms with Crippen molar-refractivity contribution in [2.75, 3.05) is 41.7 Å². The molecule has 0 radical (unpaired) electrons. The lowest BCUT2D eigenvalue weighted by Crippen LogP contribution is -2.38. The summed E-state index contributed by atoms with van der Waals surface area (Å²) < 4.78 is 59.6. The summed E-state index contributed by atoms with van der Waals surface area (Å²) in [4.78, 5) is 37.1. The lowest BCUT2D eigenvalue weighted by molar-refractivity contribution is -0.153. The number of rotatable bonds is 5. The van der Waals surface area contributed by atoms with E-state index in [9.17, 15) is 27.2 Å². The number of nitrogens with one attached hydrogen (secondary N) is 2. The Balaban J connectivity index is 1.23. The number of nitrogens with zero attached hydrogens (tertiary/aromatic N) is 4. The Kier molecular flexibility index (Phi) is 7.86. The van der Waals surface area contributed by atoms with Crippen molar-refractivity contribution < 1.29 is 31.6 Å². The summed E-state index contributed by atoms with van der Waals surface area (Å²) in [5.74, 6) is -2.88. The van der Waals surface area contributed by atoms with E-state index in [4.69, 9.17) is 4.42 Å². The van der Waals surface area contributed by atoms with Crippen LogP contribution in [0.4, 0.5) is 39.5 Å². The number of oxazole rings is 1. The number of alkyl halides is 3. The van der Waals surface area contributed by atoms with Crippen LogP contribution in [0.1, 0.15) is 22.7 Å². The molecule has 13 heteroatoms. The number of halogens is 4. The van der Waals surface area contributed by atoms with Gasteiger partial charge in [-0.1, -0.05) is 30.3 Å². The Bertz CT molecular complexity index is 1530. The fourth-order valence-electron chi connectivity index (χ4n) is 4.31. The van der Waals surface area contributed by atoms with Crippen LogP contribution in [0.25, 0.3) is 11.5 Å². The second-order valence-corrected chi connectivity index (χ2v) is 9.16. The maximum Gasteiger partial charge on any atom is 0.452 e. The van der Waals surface area contributed by atoms with Crippen LogP contribution in [0.3, 0.4) is 0 Å². The molecule has 1 aliphatic heterocycles. The molecule has 0 aliphatic carbocycles. The number of carbonyl (C=O) groups is 2. The van der Waals surface area contributed by atoms with E-state index in [1.807, 2.05) is 4.90 Å². The Labute approximate surface area is 231 Å². The van der Waals surface area contributed by atoms with Crippen molar-refractivity contribution in [3.8, 4) is 11.5 Å². The second-order valence-electron chi connectivity index (χ2n) is 9.16. The molecule has 5 rings (SSSR count). The summed E-state index contributed by atoms with van der Waals surface area (Å²) in [7, 11) is 0. The van der Waals surface area contributed by atoms with Gasteiger partial charge in [0.1, 0.15) is 11.6 Å². The monoisotopic (exact) mass is 568 g/mol. The number of hydrogen-bond donors (Lipinski definition) is 2. The minimum Gasteiger partial charge on any atom is -0.431 e. The smallest absolute Gasteiger partial charge is 0.431 e. The molecule has 0 saturated carbocycles. The maximum absolute atomic E-state index is 13.9. The largest absolute Gasteiger partial charge is 0.452 e. The zero-order valence-electron chi connectivity index (χ0n) is 21.5. The summed E-state index contributed by atoms with van der Waals surface area (Å²) in [5, 5.41) is 4.97. The number of anilines is 3. The van der Waals surface area contributed by atoms with Gasteiger partial charge in [0.2, 0.25) is 11.7 Å². The average Bonchev–Trinajstić information content (AvgIpc) is 3.29. The Morgan fingerprint density at radius 3 is 2.34 bits per heavy atom. The quantitative estimate of drug-likeness (QED) is 0.291. The van der Waals surface area contributed by atoms with Crippen molar-refractivity contribution >= 4 is 29.1 Å². The molecule has 4 aromatic rings. The molecule has 9 nitrogen and oxygen atoms in total. The number of pyridine rings is 1. The first kappa shape index (κ1) is 27.6. The zero-order valence-corrected chi connectivity index (χ0v) is 21.5. The van der Waals surface area contributed by atoms with E-state index < -0.39 is 35.4 Å². The van der Waals surface area contributed by atoms with Gasteiger partial charge in [-0.15, -0.1) is 0 Å². The summed E-state index contributed by atoms with van der Waals surface area (Å²) in [6, 6.07) is 16.6. The number of carbonyl (C=O) groups excluding carboxylic acids is 2. The van der Waals surface area contributed by atoms with Crippen LogP contribution < -0.4 is 15.5 Å². The van der Waals surface area contributed by atoms with Crippen LogP contribution in [-0.2, 0) is 6.18 Å². The number of para-hydroxylation sites is 1. The third-order valence-electron chi connectivity index (χ3n) is 6.35. The van der Waals surface area contributed by atoms with Crippen LogP contribution >= 0.6 is 0 Å². The number of benzene rings is 2. The first-order chi connectivity index (χ1) is 19.7. The van der Waals surface area contributed by atoms with Crippen molar-refractivity contribution in [2.24, 2.45) is 0 Å². The van der Waals surface area contributed by atoms with Gasteiger partial charge in [-0.3, -0.25) is 4.79 Å².